The van der Waals surface area contributed by atoms with Crippen LogP contribution in [-0.2, 0) is 43.6 Å². The van der Waals surface area contributed by atoms with Gasteiger partial charge in [-0.2, -0.15) is 9.97 Å². The van der Waals surface area contributed by atoms with Crippen molar-refractivity contribution in [1.29, 1.82) is 0 Å². The molecule has 33 heteroatoms. The molecule has 4 aliphatic heterocycles. The number of nitrogens with zero attached hydrogens (tertiary/aromatic N) is 10. The molecule has 4 saturated heterocycles. The van der Waals surface area contributed by atoms with Crippen molar-refractivity contribution in [3.8, 4) is 23.1 Å². The molecule has 2 aromatic carbocycles. The minimum absolute atomic E-state index is 0. The van der Waals surface area contributed by atoms with Crippen LogP contribution in [0.3, 0.4) is 0 Å². The van der Waals surface area contributed by atoms with Crippen LogP contribution in [0.4, 0.5) is 11.9 Å². The van der Waals surface area contributed by atoms with Crippen LogP contribution in [0.2, 0.25) is 0 Å². The number of fused-ring (bicyclic) bond motifs is 2. The zero-order valence-electron chi connectivity index (χ0n) is 57.5. The van der Waals surface area contributed by atoms with Crippen molar-refractivity contribution in [2.45, 2.75) is 152 Å². The molecule has 2 aliphatic carbocycles. The fourth-order valence-electron chi connectivity index (χ4n) is 13.8. The van der Waals surface area contributed by atoms with Gasteiger partial charge in [0, 0.05) is 148 Å². The predicted molar refractivity (Wildman–Crippen MR) is 434 cm³/mol. The maximum atomic E-state index is 13.4. The summed E-state index contributed by atoms with van der Waals surface area (Å²) in [6.07, 6.45) is 23.6. The Balaban J connectivity index is 0.000000239. The molecule has 560 valence electrons. The van der Waals surface area contributed by atoms with Crippen LogP contribution >= 0.6 is 98.4 Å². The topological polar surface area (TPSA) is 303 Å². The second-order valence-corrected chi connectivity index (χ2v) is 47.2. The van der Waals surface area contributed by atoms with Crippen molar-refractivity contribution in [2.24, 2.45) is 11.8 Å². The van der Waals surface area contributed by atoms with Crippen molar-refractivity contribution < 1.29 is 73.7 Å². The summed E-state index contributed by atoms with van der Waals surface area (Å²) >= 11 is 9.54. The number of carboxylic acid groups (broad SMARTS) is 1. The van der Waals surface area contributed by atoms with E-state index in [9.17, 15) is 41.1 Å². The first kappa shape index (κ1) is 85.2. The van der Waals surface area contributed by atoms with Crippen molar-refractivity contribution in [3.05, 3.63) is 85.5 Å². The number of nitrogens with one attached hydrogen (secondary N) is 2. The maximum absolute atomic E-state index is 13.4. The Labute approximate surface area is 663 Å². The first-order valence-electron chi connectivity index (χ1n) is 34.2. The molecule has 2 amide bonds. The van der Waals surface area contributed by atoms with Crippen LogP contribution in [0.25, 0.3) is 33.4 Å². The number of aliphatic hydroxyl groups excluding tert-OH is 1. The van der Waals surface area contributed by atoms with Gasteiger partial charge in [0.05, 0.1) is 41.9 Å². The van der Waals surface area contributed by atoms with Crippen LogP contribution in [0.5, 0.6) is 11.5 Å². The first-order valence-corrected chi connectivity index (χ1v) is 57.1. The second kappa shape index (κ2) is 42.5. The number of carboxylic acids is 1. The number of hydrogen-bond acceptors (Lipinski definition) is 20. The molecule has 6 aromatic rings. The summed E-state index contributed by atoms with van der Waals surface area (Å²) in [6.45, 7) is 5.10. The summed E-state index contributed by atoms with van der Waals surface area (Å²) in [5.41, 5.74) is 1.86. The number of likely N-dealkylation sites (tertiary alicyclic amines) is 4. The monoisotopic (exact) mass is 2110 g/mol. The Kier molecular flexibility index (Phi) is 35.8. The molecule has 0 spiro atoms. The summed E-state index contributed by atoms with van der Waals surface area (Å²) < 4.78 is 67.2. The van der Waals surface area contributed by atoms with Gasteiger partial charge in [-0.15, -0.1) is 24.0 Å². The van der Waals surface area contributed by atoms with E-state index < -0.39 is 25.6 Å². The summed E-state index contributed by atoms with van der Waals surface area (Å²) in [6, 6.07) is 19.3. The number of halogens is 6. The van der Waals surface area contributed by atoms with Crippen LogP contribution in [0, 0.1) is 11.8 Å². The van der Waals surface area contributed by atoms with E-state index in [0.717, 1.165) is 124 Å². The molecule has 4 aromatic heterocycles. The molecular formula is C68H95I6N12O13S2-. The number of aromatic nitrogens is 6. The number of hydrogen-bond donors (Lipinski definition) is 4. The number of amides is 2. The molecule has 2 atom stereocenters. The van der Waals surface area contributed by atoms with Gasteiger partial charge in [0.1, 0.15) is 61.0 Å². The van der Waals surface area contributed by atoms with Crippen molar-refractivity contribution >= 4 is 176 Å². The fraction of sp³-hybridized carbons (Fsp3) is 0.588. The van der Waals surface area contributed by atoms with E-state index in [1.165, 1.54) is 12.5 Å². The number of anilines is 2. The van der Waals surface area contributed by atoms with Crippen molar-refractivity contribution in [1.82, 2.24) is 48.7 Å². The summed E-state index contributed by atoms with van der Waals surface area (Å²) in [5.74, 6) is 3.89. The third-order valence-corrected chi connectivity index (χ3v) is 21.3. The Bertz CT molecular complexity index is 3850. The summed E-state index contributed by atoms with van der Waals surface area (Å²) in [7, 11) is -2.20. The van der Waals surface area contributed by atoms with Crippen LogP contribution in [0.1, 0.15) is 116 Å². The minimum atomic E-state index is -3.02. The van der Waals surface area contributed by atoms with Gasteiger partial charge in [0.15, 0.2) is 0 Å². The molecular weight excluding hydrogens is 2020 g/mol. The molecule has 4 N–H and O–H groups in total. The second-order valence-electron chi connectivity index (χ2n) is 26.5. The van der Waals surface area contributed by atoms with Crippen molar-refractivity contribution in [2.75, 3.05) is 101 Å². The standard InChI is InChI=1S/C34H46N6O6S.C28H37N5O5S.C6H11NO2.I3.I2.HI/c1-38-18-4-7-29(38)33(42)46-26-14-19-39(20-15-26)32(41)24-9-11-25(12-10-24)36-34-35-17-13-31(37-34)40-21-16-27-28(40)6-3-8-30(27)45-22-5-23-47(2,43)44;1-39(36,37)19-3-18-38-25-5-2-4-24-23(25)13-17-33(24)26-10-14-29-28(31-26)30-21-8-6-20(7-9-21)27(35)32-15-11-22(34)12-16-32;1-7-4-2-3-5(7)6(8)9;1-3-2;1-2;/h3,6,8,13,16-17,21,24-26,29H,4-5,7,9-12,14-15,18-20,22-23H2,1-2H3,(H,35,36,37);2,4-5,10,13-14,17,20-22,34H,3,6-9,11-12,15-16,18-19H2,1H3,(H,29,30,31);5H,2-4H2,1H3,(H,8,9);;;1H/q;;;-1;;. The van der Waals surface area contributed by atoms with E-state index in [4.69, 9.17) is 29.3 Å². The predicted octanol–water partition coefficient (Wildman–Crippen LogP) is 8.35. The fourth-order valence-corrected chi connectivity index (χ4v) is 15.1. The zero-order valence-corrected chi connectivity index (χ0v) is 72.2. The molecule has 2 unspecified atom stereocenters. The molecule has 2 saturated carbocycles. The van der Waals surface area contributed by atoms with Gasteiger partial charge in [-0.05, 0) is 178 Å². The number of esters is 1. The van der Waals surface area contributed by atoms with E-state index in [0.29, 0.717) is 115 Å². The van der Waals surface area contributed by atoms with Gasteiger partial charge in [-0.25, -0.2) is 26.8 Å². The molecule has 8 heterocycles. The quantitative estimate of drug-likeness (QED) is 0.0299. The van der Waals surface area contributed by atoms with E-state index >= 15 is 0 Å². The van der Waals surface area contributed by atoms with Gasteiger partial charge in [0.25, 0.3) is 0 Å². The number of sulfone groups is 2. The average molecular weight is 2110 g/mol. The number of carbonyl (C=O) groups is 4. The third kappa shape index (κ3) is 26.1. The number of likely N-dealkylation sites (N-methyl/N-ethyl adjacent to an activating group) is 2. The average Bonchev–Trinajstić information content (AvgIpc) is 1.66. The number of rotatable bonds is 21. The van der Waals surface area contributed by atoms with Gasteiger partial charge in [-0.3, -0.25) is 29.0 Å². The Morgan fingerprint density at radius 3 is 1.36 bits per heavy atom. The molecule has 12 rings (SSSR count). The number of aliphatic carboxylic acids is 1. The van der Waals surface area contributed by atoms with E-state index in [1.54, 1.807) is 12.4 Å². The van der Waals surface area contributed by atoms with E-state index in [2.05, 4.69) is 100.0 Å². The number of piperidine rings is 2. The third-order valence-electron chi connectivity index (χ3n) is 19.2. The molecule has 0 radical (unpaired) electrons. The summed E-state index contributed by atoms with van der Waals surface area (Å²) in [5, 5.41) is 27.1. The van der Waals surface area contributed by atoms with E-state index in [-0.39, 0.29) is 101 Å². The Morgan fingerprint density at radius 1 is 0.574 bits per heavy atom. The van der Waals surface area contributed by atoms with Gasteiger partial charge < -0.3 is 54.0 Å². The number of aliphatic hydroxyl groups is 1. The molecule has 6 aliphatic rings. The summed E-state index contributed by atoms with van der Waals surface area (Å²) in [4.78, 5) is 75.5. The first-order chi connectivity index (χ1) is 48.0. The van der Waals surface area contributed by atoms with E-state index in [1.807, 2.05) is 111 Å². The van der Waals surface area contributed by atoms with Crippen LogP contribution in [0.15, 0.2) is 85.5 Å². The molecule has 25 nitrogen and oxygen atoms in total. The Hall–Kier alpha value is -3.08. The van der Waals surface area contributed by atoms with Crippen LogP contribution in [-0.4, -0.2) is 226 Å². The normalized spacial score (nSPS) is 21.4. The molecule has 0 bridgehead atoms. The van der Waals surface area contributed by atoms with Gasteiger partial charge >= 0.3 is 62.4 Å². The molecule has 101 heavy (non-hydrogen) atoms. The van der Waals surface area contributed by atoms with Crippen molar-refractivity contribution in [3.63, 3.8) is 0 Å². The zero-order chi connectivity index (χ0) is 71.9. The molecule has 6 fully saturated rings. The number of carbonyl (C=O) groups excluding carboxylic acids is 3. The van der Waals surface area contributed by atoms with Gasteiger partial charge in [0.2, 0.25) is 23.7 Å². The number of ether oxygens (including phenoxy) is 3. The Morgan fingerprint density at radius 2 is 0.980 bits per heavy atom. The SMILES string of the molecule is CN1CCCC1C(=O)O.CN1CCCC1C(=O)OC1CCN(C(=O)C2CCC(Nc3nccc(-n4ccc5c(OCCCS(C)(=O)=O)cccc54)n3)CC2)CC1.CS(=O)(=O)CCCOc1cccc2c1ccn2-c1ccnc(NC2CCC(C(=O)N3CCC(O)CC3)CC2)n1.I.II.I[I-]I. The van der Waals surface area contributed by atoms with Gasteiger partial charge in [-0.1, -0.05) is 12.1 Å². The number of benzene rings is 2. The van der Waals surface area contributed by atoms with Crippen LogP contribution < -0.4 is 33.4 Å².